The largest absolute Gasteiger partial charge is 0.381 e. The predicted octanol–water partition coefficient (Wildman–Crippen LogP) is 2.46. The molecule has 5 heteroatoms. The molecule has 2 aliphatic heterocycles. The fourth-order valence-electron chi connectivity index (χ4n) is 3.89. The Morgan fingerprint density at radius 1 is 1.35 bits per heavy atom. The van der Waals surface area contributed by atoms with E-state index in [-0.39, 0.29) is 5.91 Å². The summed E-state index contributed by atoms with van der Waals surface area (Å²) in [6.45, 7) is 3.97. The molecule has 0 aromatic heterocycles. The van der Waals surface area contributed by atoms with Crippen molar-refractivity contribution in [3.05, 3.63) is 34.9 Å². The van der Waals surface area contributed by atoms with E-state index in [1.807, 2.05) is 31.3 Å². The van der Waals surface area contributed by atoms with Crippen molar-refractivity contribution in [2.24, 2.45) is 5.92 Å². The van der Waals surface area contributed by atoms with Crippen LogP contribution in [0.5, 0.6) is 0 Å². The van der Waals surface area contributed by atoms with E-state index in [0.29, 0.717) is 24.2 Å². The molecule has 1 unspecified atom stereocenters. The lowest BCUT2D eigenvalue weighted by Gasteiger charge is -2.39. The molecular formula is C18H25ClN2O2. The minimum absolute atomic E-state index is 0.265. The number of carbonyl (C=O) groups excluding carboxylic acids is 1. The van der Waals surface area contributed by atoms with E-state index in [2.05, 4.69) is 10.2 Å². The van der Waals surface area contributed by atoms with E-state index in [0.717, 1.165) is 44.5 Å². The molecule has 1 aromatic rings. The van der Waals surface area contributed by atoms with Crippen molar-refractivity contribution < 1.29 is 9.53 Å². The molecular weight excluding hydrogens is 312 g/mol. The van der Waals surface area contributed by atoms with Crippen molar-refractivity contribution >= 4 is 17.5 Å². The zero-order chi connectivity index (χ0) is 16.3. The van der Waals surface area contributed by atoms with Gasteiger partial charge < -0.3 is 15.0 Å². The summed E-state index contributed by atoms with van der Waals surface area (Å²) in [5.41, 5.74) is 0.629. The van der Waals surface area contributed by atoms with Crippen molar-refractivity contribution in [1.82, 2.24) is 10.2 Å². The number of halogens is 1. The second kappa shape index (κ2) is 7.20. The summed E-state index contributed by atoms with van der Waals surface area (Å²) in [4.78, 5) is 15.4. The molecule has 2 heterocycles. The molecule has 0 saturated carbocycles. The number of hydrogen-bond donors (Lipinski definition) is 1. The predicted molar refractivity (Wildman–Crippen MR) is 91.8 cm³/mol. The van der Waals surface area contributed by atoms with Crippen LogP contribution >= 0.6 is 11.6 Å². The summed E-state index contributed by atoms with van der Waals surface area (Å²) in [5, 5.41) is 3.93. The number of amides is 1. The molecule has 0 radical (unpaired) electrons. The monoisotopic (exact) mass is 336 g/mol. The zero-order valence-corrected chi connectivity index (χ0v) is 14.4. The Bertz CT molecular complexity index is 540. The van der Waals surface area contributed by atoms with Crippen LogP contribution < -0.4 is 5.32 Å². The average Bonchev–Trinajstić information content (AvgIpc) is 3.04. The van der Waals surface area contributed by atoms with Crippen molar-refractivity contribution in [2.45, 2.75) is 24.7 Å². The third-order valence-electron chi connectivity index (χ3n) is 5.22. The molecule has 1 amide bonds. The first-order valence-corrected chi connectivity index (χ1v) is 8.81. The van der Waals surface area contributed by atoms with E-state index in [4.69, 9.17) is 16.3 Å². The first-order chi connectivity index (χ1) is 11.2. The fourth-order valence-corrected chi connectivity index (χ4v) is 4.02. The lowest BCUT2D eigenvalue weighted by molar-refractivity contribution is -0.140. The number of nitrogens with zero attached hydrogens (tertiary/aromatic N) is 1. The van der Waals surface area contributed by atoms with Crippen LogP contribution in [0, 0.1) is 5.92 Å². The van der Waals surface area contributed by atoms with Gasteiger partial charge in [-0.1, -0.05) is 23.7 Å². The number of ether oxygens (including phenoxy) is 1. The van der Waals surface area contributed by atoms with Gasteiger partial charge in [-0.3, -0.25) is 4.79 Å². The highest BCUT2D eigenvalue weighted by Gasteiger charge is 2.45. The van der Waals surface area contributed by atoms with E-state index < -0.39 is 5.41 Å². The van der Waals surface area contributed by atoms with Crippen LogP contribution in [-0.4, -0.2) is 50.7 Å². The SMILES string of the molecule is CNCC1CCN(C(=O)C2(c3ccc(Cl)cc3)CCOCC2)C1. The minimum atomic E-state index is -0.447. The molecule has 126 valence electrons. The third kappa shape index (κ3) is 3.39. The van der Waals surface area contributed by atoms with Gasteiger partial charge >= 0.3 is 0 Å². The molecule has 0 aliphatic carbocycles. The number of benzene rings is 1. The minimum Gasteiger partial charge on any atom is -0.381 e. The fraction of sp³-hybridized carbons (Fsp3) is 0.611. The van der Waals surface area contributed by atoms with Crippen LogP contribution in [0.25, 0.3) is 0 Å². The Labute approximate surface area is 143 Å². The van der Waals surface area contributed by atoms with Crippen LogP contribution in [0.1, 0.15) is 24.8 Å². The van der Waals surface area contributed by atoms with Gasteiger partial charge in [0.25, 0.3) is 0 Å². The van der Waals surface area contributed by atoms with Gasteiger partial charge in [-0.2, -0.15) is 0 Å². The topological polar surface area (TPSA) is 41.6 Å². The van der Waals surface area contributed by atoms with Crippen molar-refractivity contribution in [3.63, 3.8) is 0 Å². The zero-order valence-electron chi connectivity index (χ0n) is 13.7. The maximum Gasteiger partial charge on any atom is 0.233 e. The lowest BCUT2D eigenvalue weighted by atomic mass is 9.73. The summed E-state index contributed by atoms with van der Waals surface area (Å²) in [6.07, 6.45) is 2.58. The highest BCUT2D eigenvalue weighted by molar-refractivity contribution is 6.30. The highest BCUT2D eigenvalue weighted by atomic mass is 35.5. The standard InChI is InChI=1S/C18H25ClN2O2/c1-20-12-14-6-9-21(13-14)17(22)18(7-10-23-11-8-18)15-2-4-16(19)5-3-15/h2-5,14,20H,6-13H2,1H3. The second-order valence-corrected chi connectivity index (χ2v) is 7.10. The molecule has 1 atom stereocenters. The molecule has 2 saturated heterocycles. The van der Waals surface area contributed by atoms with Crippen molar-refractivity contribution in [1.29, 1.82) is 0 Å². The average molecular weight is 337 g/mol. The van der Waals surface area contributed by atoms with Gasteiger partial charge in [-0.05, 0) is 56.5 Å². The molecule has 23 heavy (non-hydrogen) atoms. The van der Waals surface area contributed by atoms with Crippen molar-refractivity contribution in [2.75, 3.05) is 39.9 Å². The maximum absolute atomic E-state index is 13.4. The van der Waals surface area contributed by atoms with Crippen LogP contribution in [0.15, 0.2) is 24.3 Å². The summed E-state index contributed by atoms with van der Waals surface area (Å²) >= 11 is 6.03. The van der Waals surface area contributed by atoms with Gasteiger partial charge in [0.2, 0.25) is 5.91 Å². The summed E-state index contributed by atoms with van der Waals surface area (Å²) in [6, 6.07) is 7.78. The van der Waals surface area contributed by atoms with Gasteiger partial charge in [0.15, 0.2) is 0 Å². The molecule has 4 nitrogen and oxygen atoms in total. The molecule has 2 fully saturated rings. The number of likely N-dealkylation sites (tertiary alicyclic amines) is 1. The smallest absolute Gasteiger partial charge is 0.233 e. The maximum atomic E-state index is 13.4. The van der Waals surface area contributed by atoms with E-state index in [1.165, 1.54) is 0 Å². The van der Waals surface area contributed by atoms with Crippen LogP contribution in [0.3, 0.4) is 0 Å². The Kier molecular flexibility index (Phi) is 5.24. The molecule has 0 spiro atoms. The van der Waals surface area contributed by atoms with E-state index >= 15 is 0 Å². The van der Waals surface area contributed by atoms with Crippen LogP contribution in [-0.2, 0) is 14.9 Å². The number of rotatable bonds is 4. The van der Waals surface area contributed by atoms with Gasteiger partial charge in [-0.15, -0.1) is 0 Å². The molecule has 1 aromatic carbocycles. The molecule has 3 rings (SSSR count). The van der Waals surface area contributed by atoms with Crippen LogP contribution in [0.2, 0.25) is 5.02 Å². The van der Waals surface area contributed by atoms with E-state index in [9.17, 15) is 4.79 Å². The first-order valence-electron chi connectivity index (χ1n) is 8.43. The normalized spacial score (nSPS) is 23.9. The Balaban J connectivity index is 1.84. The first kappa shape index (κ1) is 16.7. The number of hydrogen-bond acceptors (Lipinski definition) is 3. The second-order valence-electron chi connectivity index (χ2n) is 6.66. The number of nitrogens with one attached hydrogen (secondary N) is 1. The van der Waals surface area contributed by atoms with Gasteiger partial charge in [0.1, 0.15) is 0 Å². The third-order valence-corrected chi connectivity index (χ3v) is 5.47. The number of carbonyl (C=O) groups is 1. The highest BCUT2D eigenvalue weighted by Crippen LogP contribution is 2.38. The van der Waals surface area contributed by atoms with Gasteiger partial charge in [0, 0.05) is 31.3 Å². The van der Waals surface area contributed by atoms with E-state index in [1.54, 1.807) is 0 Å². The summed E-state index contributed by atoms with van der Waals surface area (Å²) in [5.74, 6) is 0.827. The Morgan fingerprint density at radius 3 is 2.70 bits per heavy atom. The summed E-state index contributed by atoms with van der Waals surface area (Å²) in [7, 11) is 1.97. The quantitative estimate of drug-likeness (QED) is 0.918. The van der Waals surface area contributed by atoms with Crippen LogP contribution in [0.4, 0.5) is 0 Å². The summed E-state index contributed by atoms with van der Waals surface area (Å²) < 4.78 is 5.54. The molecule has 2 aliphatic rings. The van der Waals surface area contributed by atoms with Gasteiger partial charge in [-0.25, -0.2) is 0 Å². The van der Waals surface area contributed by atoms with Gasteiger partial charge in [0.05, 0.1) is 5.41 Å². The van der Waals surface area contributed by atoms with Crippen molar-refractivity contribution in [3.8, 4) is 0 Å². The molecule has 1 N–H and O–H groups in total. The lowest BCUT2D eigenvalue weighted by Crippen LogP contribution is -2.49. The Hall–Kier alpha value is -1.10. The Morgan fingerprint density at radius 2 is 2.04 bits per heavy atom. The molecule has 0 bridgehead atoms.